The van der Waals surface area contributed by atoms with Crippen LogP contribution in [0, 0.1) is 3.57 Å². The molecule has 1 heterocycles. The van der Waals surface area contributed by atoms with Crippen molar-refractivity contribution in [3.05, 3.63) is 51.9 Å². The highest BCUT2D eigenvalue weighted by atomic mass is 127. The van der Waals surface area contributed by atoms with E-state index in [0.717, 1.165) is 9.26 Å². The zero-order chi connectivity index (χ0) is 11.5. The van der Waals surface area contributed by atoms with E-state index in [-0.39, 0.29) is 5.91 Å². The summed E-state index contributed by atoms with van der Waals surface area (Å²) in [6, 6.07) is 11.4. The standard InChI is InChI=1S/C12H11IN2O/c1-15(11-7-3-2-5-9(11)13)12(16)10-6-4-8-14-10/h2-8,14H,1H3. The van der Waals surface area contributed by atoms with Crippen LogP contribution < -0.4 is 4.90 Å². The molecule has 0 fully saturated rings. The first-order valence-electron chi connectivity index (χ1n) is 4.86. The Morgan fingerprint density at radius 1 is 1.25 bits per heavy atom. The summed E-state index contributed by atoms with van der Waals surface area (Å²) in [4.78, 5) is 16.6. The molecule has 82 valence electrons. The van der Waals surface area contributed by atoms with Crippen LogP contribution in [0.5, 0.6) is 0 Å². The molecule has 1 aromatic heterocycles. The first-order chi connectivity index (χ1) is 7.70. The average molecular weight is 326 g/mol. The van der Waals surface area contributed by atoms with Crippen LogP contribution in [-0.2, 0) is 0 Å². The first-order valence-corrected chi connectivity index (χ1v) is 5.94. The number of aromatic amines is 1. The van der Waals surface area contributed by atoms with Gasteiger partial charge in [-0.15, -0.1) is 0 Å². The fraction of sp³-hybridized carbons (Fsp3) is 0.0833. The number of aromatic nitrogens is 1. The Labute approximate surface area is 108 Å². The molecule has 16 heavy (non-hydrogen) atoms. The van der Waals surface area contributed by atoms with Crippen LogP contribution in [-0.4, -0.2) is 17.9 Å². The Hall–Kier alpha value is -1.30. The number of para-hydroxylation sites is 1. The van der Waals surface area contributed by atoms with Gasteiger partial charge >= 0.3 is 0 Å². The van der Waals surface area contributed by atoms with Crippen LogP contribution in [0.15, 0.2) is 42.6 Å². The SMILES string of the molecule is CN(C(=O)c1ccc[nH]1)c1ccccc1I. The third-order valence-electron chi connectivity index (χ3n) is 2.35. The number of rotatable bonds is 2. The molecule has 0 spiro atoms. The maximum Gasteiger partial charge on any atom is 0.274 e. The van der Waals surface area contributed by atoms with E-state index in [1.807, 2.05) is 30.3 Å². The average Bonchev–Trinajstić information content (AvgIpc) is 2.81. The van der Waals surface area contributed by atoms with Gasteiger partial charge in [0, 0.05) is 16.8 Å². The molecule has 0 saturated heterocycles. The minimum atomic E-state index is -0.0332. The molecular weight excluding hydrogens is 315 g/mol. The number of hydrogen-bond donors (Lipinski definition) is 1. The van der Waals surface area contributed by atoms with Gasteiger partial charge in [-0.25, -0.2) is 0 Å². The minimum Gasteiger partial charge on any atom is -0.357 e. The number of halogens is 1. The zero-order valence-corrected chi connectivity index (χ0v) is 10.9. The van der Waals surface area contributed by atoms with Crippen molar-refractivity contribution in [3.8, 4) is 0 Å². The molecule has 2 aromatic rings. The fourth-order valence-electron chi connectivity index (χ4n) is 1.48. The predicted molar refractivity (Wildman–Crippen MR) is 72.7 cm³/mol. The molecule has 1 N–H and O–H groups in total. The molecule has 0 bridgehead atoms. The van der Waals surface area contributed by atoms with E-state index in [0.29, 0.717) is 5.69 Å². The zero-order valence-electron chi connectivity index (χ0n) is 8.77. The molecule has 0 saturated carbocycles. The van der Waals surface area contributed by atoms with Crippen LogP contribution in [0.2, 0.25) is 0 Å². The molecular formula is C12H11IN2O. The monoisotopic (exact) mass is 326 g/mol. The van der Waals surface area contributed by atoms with Crippen molar-refractivity contribution >= 4 is 34.2 Å². The van der Waals surface area contributed by atoms with E-state index in [9.17, 15) is 4.79 Å². The number of anilines is 1. The summed E-state index contributed by atoms with van der Waals surface area (Å²) in [7, 11) is 1.78. The Balaban J connectivity index is 2.30. The van der Waals surface area contributed by atoms with Gasteiger partial charge in [0.1, 0.15) is 5.69 Å². The third kappa shape index (κ3) is 2.11. The largest absolute Gasteiger partial charge is 0.357 e. The van der Waals surface area contributed by atoms with Gasteiger partial charge in [-0.1, -0.05) is 12.1 Å². The Morgan fingerprint density at radius 3 is 2.62 bits per heavy atom. The summed E-state index contributed by atoms with van der Waals surface area (Å²) in [6.07, 6.45) is 1.75. The minimum absolute atomic E-state index is 0.0332. The Bertz CT molecular complexity index is 493. The summed E-state index contributed by atoms with van der Waals surface area (Å²) in [5, 5.41) is 0. The molecule has 0 aliphatic rings. The van der Waals surface area contributed by atoms with Crippen LogP contribution in [0.1, 0.15) is 10.5 Å². The number of H-pyrrole nitrogens is 1. The lowest BCUT2D eigenvalue weighted by Gasteiger charge is -2.17. The quantitative estimate of drug-likeness (QED) is 0.847. The van der Waals surface area contributed by atoms with E-state index < -0.39 is 0 Å². The van der Waals surface area contributed by atoms with Crippen LogP contribution in [0.3, 0.4) is 0 Å². The summed E-state index contributed by atoms with van der Waals surface area (Å²) < 4.78 is 1.06. The molecule has 0 aliphatic carbocycles. The van der Waals surface area contributed by atoms with Gasteiger partial charge in [0.2, 0.25) is 0 Å². The lowest BCUT2D eigenvalue weighted by molar-refractivity contribution is 0.0988. The maximum atomic E-state index is 12.0. The first kappa shape index (κ1) is 11.2. The molecule has 0 atom stereocenters. The van der Waals surface area contributed by atoms with E-state index in [2.05, 4.69) is 27.6 Å². The second kappa shape index (κ2) is 4.69. The van der Waals surface area contributed by atoms with E-state index in [1.165, 1.54) is 0 Å². The molecule has 0 aliphatic heterocycles. The molecule has 4 heteroatoms. The third-order valence-corrected chi connectivity index (χ3v) is 3.26. The lowest BCUT2D eigenvalue weighted by atomic mass is 10.3. The summed E-state index contributed by atoms with van der Waals surface area (Å²) in [5.74, 6) is -0.0332. The van der Waals surface area contributed by atoms with Gasteiger partial charge in [-0.3, -0.25) is 4.79 Å². The molecule has 0 unspecified atom stereocenters. The van der Waals surface area contributed by atoms with Gasteiger partial charge < -0.3 is 9.88 Å². The molecule has 1 aromatic carbocycles. The second-order valence-corrected chi connectivity index (χ2v) is 4.56. The van der Waals surface area contributed by atoms with Gasteiger partial charge in [0.25, 0.3) is 5.91 Å². The van der Waals surface area contributed by atoms with Gasteiger partial charge in [0.05, 0.1) is 5.69 Å². The number of amides is 1. The number of carbonyl (C=O) groups excluding carboxylic acids is 1. The predicted octanol–water partition coefficient (Wildman–Crippen LogP) is 2.90. The number of nitrogens with zero attached hydrogens (tertiary/aromatic N) is 1. The highest BCUT2D eigenvalue weighted by molar-refractivity contribution is 14.1. The van der Waals surface area contributed by atoms with Crippen LogP contribution in [0.4, 0.5) is 5.69 Å². The Morgan fingerprint density at radius 2 is 2.00 bits per heavy atom. The van der Waals surface area contributed by atoms with Gasteiger partial charge in [-0.2, -0.15) is 0 Å². The molecule has 3 nitrogen and oxygen atoms in total. The fourth-order valence-corrected chi connectivity index (χ4v) is 2.23. The normalized spacial score (nSPS) is 10.1. The van der Waals surface area contributed by atoms with Crippen LogP contribution in [0.25, 0.3) is 0 Å². The maximum absolute atomic E-state index is 12.0. The smallest absolute Gasteiger partial charge is 0.274 e. The summed E-state index contributed by atoms with van der Waals surface area (Å²) in [6.45, 7) is 0. The van der Waals surface area contributed by atoms with Crippen molar-refractivity contribution in [2.75, 3.05) is 11.9 Å². The van der Waals surface area contributed by atoms with Crippen molar-refractivity contribution in [3.63, 3.8) is 0 Å². The molecule has 0 radical (unpaired) electrons. The summed E-state index contributed by atoms with van der Waals surface area (Å²) in [5.41, 5.74) is 1.52. The van der Waals surface area contributed by atoms with E-state index >= 15 is 0 Å². The van der Waals surface area contributed by atoms with Crippen molar-refractivity contribution < 1.29 is 4.79 Å². The van der Waals surface area contributed by atoms with E-state index in [1.54, 1.807) is 24.2 Å². The highest BCUT2D eigenvalue weighted by Crippen LogP contribution is 2.21. The summed E-state index contributed by atoms with van der Waals surface area (Å²) >= 11 is 2.22. The topological polar surface area (TPSA) is 36.1 Å². The lowest BCUT2D eigenvalue weighted by Crippen LogP contribution is -2.27. The number of hydrogen-bond acceptors (Lipinski definition) is 1. The number of nitrogens with one attached hydrogen (secondary N) is 1. The van der Waals surface area contributed by atoms with Crippen LogP contribution >= 0.6 is 22.6 Å². The highest BCUT2D eigenvalue weighted by Gasteiger charge is 2.15. The van der Waals surface area contributed by atoms with Gasteiger partial charge in [-0.05, 0) is 46.9 Å². The van der Waals surface area contributed by atoms with Crippen molar-refractivity contribution in [1.82, 2.24) is 4.98 Å². The van der Waals surface area contributed by atoms with Crippen molar-refractivity contribution in [2.24, 2.45) is 0 Å². The number of carbonyl (C=O) groups is 1. The second-order valence-electron chi connectivity index (χ2n) is 3.40. The van der Waals surface area contributed by atoms with Crippen molar-refractivity contribution in [1.29, 1.82) is 0 Å². The molecule has 1 amide bonds. The van der Waals surface area contributed by atoms with Gasteiger partial charge in [0.15, 0.2) is 0 Å². The number of benzene rings is 1. The van der Waals surface area contributed by atoms with Crippen molar-refractivity contribution in [2.45, 2.75) is 0 Å². The Kier molecular flexibility index (Phi) is 3.28. The molecule has 2 rings (SSSR count). The van der Waals surface area contributed by atoms with E-state index in [4.69, 9.17) is 0 Å².